The SMILES string of the molecule is O=C(CCN(CCCN1CCOCC1)C(=O)c1cnccn1)NCc1ccco1. The maximum atomic E-state index is 12.8. The van der Waals surface area contributed by atoms with Gasteiger partial charge < -0.3 is 19.4 Å². The molecule has 0 aliphatic carbocycles. The van der Waals surface area contributed by atoms with Gasteiger partial charge in [0, 0.05) is 51.5 Å². The quantitative estimate of drug-likeness (QED) is 0.632. The first-order chi connectivity index (χ1) is 14.2. The molecule has 2 amide bonds. The van der Waals surface area contributed by atoms with E-state index in [4.69, 9.17) is 9.15 Å². The van der Waals surface area contributed by atoms with E-state index in [-0.39, 0.29) is 23.9 Å². The van der Waals surface area contributed by atoms with Crippen molar-refractivity contribution in [1.82, 2.24) is 25.1 Å². The summed E-state index contributed by atoms with van der Waals surface area (Å²) >= 11 is 0. The predicted molar refractivity (Wildman–Crippen MR) is 105 cm³/mol. The predicted octanol–water partition coefficient (Wildman–Crippen LogP) is 0.941. The summed E-state index contributed by atoms with van der Waals surface area (Å²) in [6, 6.07) is 3.58. The van der Waals surface area contributed by atoms with Crippen molar-refractivity contribution in [1.29, 1.82) is 0 Å². The van der Waals surface area contributed by atoms with Crippen molar-refractivity contribution in [2.75, 3.05) is 45.9 Å². The maximum absolute atomic E-state index is 12.8. The number of morpholine rings is 1. The van der Waals surface area contributed by atoms with Crippen molar-refractivity contribution in [2.45, 2.75) is 19.4 Å². The Hall–Kier alpha value is -2.78. The van der Waals surface area contributed by atoms with Crippen LogP contribution >= 0.6 is 0 Å². The Balaban J connectivity index is 1.50. The van der Waals surface area contributed by atoms with E-state index in [1.165, 1.54) is 18.6 Å². The minimum Gasteiger partial charge on any atom is -0.467 e. The first-order valence-corrected chi connectivity index (χ1v) is 9.87. The second-order valence-corrected chi connectivity index (χ2v) is 6.80. The number of ether oxygens (including phenoxy) is 1. The summed E-state index contributed by atoms with van der Waals surface area (Å²) in [5.41, 5.74) is 0.287. The first kappa shape index (κ1) is 20.9. The molecule has 0 bridgehead atoms. The van der Waals surface area contributed by atoms with Crippen LogP contribution in [0.15, 0.2) is 41.4 Å². The van der Waals surface area contributed by atoms with Crippen molar-refractivity contribution in [3.63, 3.8) is 0 Å². The van der Waals surface area contributed by atoms with Crippen LogP contribution in [0, 0.1) is 0 Å². The standard InChI is InChI=1S/C20H27N5O4/c26-19(23-15-17-3-1-12-29-17)4-9-25(20(27)18-16-21-5-6-22-18)8-2-7-24-10-13-28-14-11-24/h1,3,5-6,12,16H,2,4,7-11,13-15H2,(H,23,26). The van der Waals surface area contributed by atoms with Crippen LogP contribution in [0.3, 0.4) is 0 Å². The van der Waals surface area contributed by atoms with Gasteiger partial charge in [-0.15, -0.1) is 0 Å². The number of furan rings is 1. The van der Waals surface area contributed by atoms with E-state index in [1.807, 2.05) is 0 Å². The lowest BCUT2D eigenvalue weighted by atomic mass is 10.2. The van der Waals surface area contributed by atoms with Gasteiger partial charge in [-0.2, -0.15) is 0 Å². The van der Waals surface area contributed by atoms with E-state index in [0.29, 0.717) is 25.4 Å². The Morgan fingerprint density at radius 2 is 2.07 bits per heavy atom. The number of rotatable bonds is 10. The summed E-state index contributed by atoms with van der Waals surface area (Å²) in [6.45, 7) is 5.41. The second kappa shape index (κ2) is 11.3. The van der Waals surface area contributed by atoms with Crippen LogP contribution in [0.5, 0.6) is 0 Å². The van der Waals surface area contributed by atoms with Crippen LogP contribution < -0.4 is 5.32 Å². The van der Waals surface area contributed by atoms with Gasteiger partial charge in [-0.25, -0.2) is 4.98 Å². The van der Waals surface area contributed by atoms with E-state index in [2.05, 4.69) is 20.2 Å². The number of carbonyl (C=O) groups is 2. The Morgan fingerprint density at radius 1 is 1.21 bits per heavy atom. The summed E-state index contributed by atoms with van der Waals surface area (Å²) < 4.78 is 10.6. The lowest BCUT2D eigenvalue weighted by molar-refractivity contribution is -0.121. The molecule has 9 nitrogen and oxygen atoms in total. The van der Waals surface area contributed by atoms with Crippen molar-refractivity contribution in [2.24, 2.45) is 0 Å². The molecule has 0 saturated carbocycles. The zero-order chi connectivity index (χ0) is 20.3. The van der Waals surface area contributed by atoms with E-state index >= 15 is 0 Å². The van der Waals surface area contributed by atoms with Crippen LogP contribution in [0.25, 0.3) is 0 Å². The van der Waals surface area contributed by atoms with Gasteiger partial charge >= 0.3 is 0 Å². The molecule has 9 heteroatoms. The minimum absolute atomic E-state index is 0.133. The highest BCUT2D eigenvalue weighted by atomic mass is 16.5. The molecule has 1 fully saturated rings. The normalized spacial score (nSPS) is 14.5. The zero-order valence-electron chi connectivity index (χ0n) is 16.5. The van der Waals surface area contributed by atoms with Gasteiger partial charge in [0.25, 0.3) is 5.91 Å². The average molecular weight is 401 g/mol. The molecule has 1 N–H and O–H groups in total. The smallest absolute Gasteiger partial charge is 0.274 e. The molecule has 3 heterocycles. The third kappa shape index (κ3) is 6.95. The molecular formula is C20H27N5O4. The number of aromatic nitrogens is 2. The van der Waals surface area contributed by atoms with Gasteiger partial charge in [-0.3, -0.25) is 19.5 Å². The van der Waals surface area contributed by atoms with Gasteiger partial charge in [0.15, 0.2) is 0 Å². The van der Waals surface area contributed by atoms with Crippen molar-refractivity contribution in [3.05, 3.63) is 48.4 Å². The summed E-state index contributed by atoms with van der Waals surface area (Å²) in [4.78, 5) is 37.1. The van der Waals surface area contributed by atoms with Gasteiger partial charge in [0.2, 0.25) is 5.91 Å². The molecule has 2 aromatic heterocycles. The molecule has 1 aliphatic heterocycles. The largest absolute Gasteiger partial charge is 0.467 e. The Morgan fingerprint density at radius 3 is 2.79 bits per heavy atom. The lowest BCUT2D eigenvalue weighted by Crippen LogP contribution is -2.40. The molecule has 0 spiro atoms. The fourth-order valence-electron chi connectivity index (χ4n) is 3.12. The molecule has 2 aromatic rings. The van der Waals surface area contributed by atoms with Crippen molar-refractivity contribution >= 4 is 11.8 Å². The second-order valence-electron chi connectivity index (χ2n) is 6.80. The summed E-state index contributed by atoms with van der Waals surface area (Å²) in [6.07, 6.45) is 7.08. The Labute approximate surface area is 170 Å². The van der Waals surface area contributed by atoms with Gasteiger partial charge in [0.05, 0.1) is 32.2 Å². The van der Waals surface area contributed by atoms with Gasteiger partial charge in [-0.05, 0) is 18.6 Å². The molecule has 0 radical (unpaired) electrons. The molecule has 29 heavy (non-hydrogen) atoms. The lowest BCUT2D eigenvalue weighted by Gasteiger charge is -2.28. The topological polar surface area (TPSA) is 101 Å². The highest BCUT2D eigenvalue weighted by molar-refractivity contribution is 5.92. The van der Waals surface area contributed by atoms with Crippen LogP contribution in [-0.4, -0.2) is 77.5 Å². The molecule has 0 atom stereocenters. The summed E-state index contributed by atoms with van der Waals surface area (Å²) in [7, 11) is 0. The third-order valence-electron chi connectivity index (χ3n) is 4.72. The van der Waals surface area contributed by atoms with Crippen LogP contribution in [0.2, 0.25) is 0 Å². The molecule has 156 valence electrons. The van der Waals surface area contributed by atoms with E-state index in [1.54, 1.807) is 23.3 Å². The minimum atomic E-state index is -0.209. The number of nitrogens with zero attached hydrogens (tertiary/aromatic N) is 4. The van der Waals surface area contributed by atoms with E-state index < -0.39 is 0 Å². The first-order valence-electron chi connectivity index (χ1n) is 9.87. The number of hydrogen-bond acceptors (Lipinski definition) is 7. The molecule has 3 rings (SSSR count). The molecule has 0 unspecified atom stereocenters. The molecule has 1 aliphatic rings. The monoisotopic (exact) mass is 401 g/mol. The Bertz CT molecular complexity index is 747. The van der Waals surface area contributed by atoms with Crippen LogP contribution in [0.1, 0.15) is 29.1 Å². The fourth-order valence-corrected chi connectivity index (χ4v) is 3.12. The highest BCUT2D eigenvalue weighted by Crippen LogP contribution is 2.06. The fraction of sp³-hybridized carbons (Fsp3) is 0.500. The zero-order valence-corrected chi connectivity index (χ0v) is 16.5. The maximum Gasteiger partial charge on any atom is 0.274 e. The third-order valence-corrected chi connectivity index (χ3v) is 4.72. The van der Waals surface area contributed by atoms with Gasteiger partial charge in [0.1, 0.15) is 11.5 Å². The molecular weight excluding hydrogens is 374 g/mol. The number of hydrogen-bond donors (Lipinski definition) is 1. The number of amides is 2. The average Bonchev–Trinajstić information content (AvgIpc) is 3.29. The van der Waals surface area contributed by atoms with Crippen molar-refractivity contribution in [3.8, 4) is 0 Å². The van der Waals surface area contributed by atoms with Crippen LogP contribution in [-0.2, 0) is 16.1 Å². The molecule has 0 aromatic carbocycles. The van der Waals surface area contributed by atoms with E-state index in [9.17, 15) is 9.59 Å². The summed E-state index contributed by atoms with van der Waals surface area (Å²) in [5, 5.41) is 2.81. The summed E-state index contributed by atoms with van der Waals surface area (Å²) in [5.74, 6) is 0.349. The molecule has 1 saturated heterocycles. The highest BCUT2D eigenvalue weighted by Gasteiger charge is 2.19. The van der Waals surface area contributed by atoms with Crippen LogP contribution in [0.4, 0.5) is 0 Å². The van der Waals surface area contributed by atoms with E-state index in [0.717, 1.165) is 39.3 Å². The number of nitrogens with one attached hydrogen (secondary N) is 1. The van der Waals surface area contributed by atoms with Crippen molar-refractivity contribution < 1.29 is 18.7 Å². The Kier molecular flexibility index (Phi) is 8.14. The van der Waals surface area contributed by atoms with Gasteiger partial charge in [-0.1, -0.05) is 0 Å². The number of carbonyl (C=O) groups excluding carboxylic acids is 2.